The molecule has 1 aromatic heterocycles. The summed E-state index contributed by atoms with van der Waals surface area (Å²) < 4.78 is 0.894. The molecule has 1 aromatic rings. The van der Waals surface area contributed by atoms with Gasteiger partial charge in [-0.25, -0.2) is 4.98 Å². The Morgan fingerprint density at radius 1 is 1.71 bits per heavy atom. The lowest BCUT2D eigenvalue weighted by atomic mass is 10.3. The van der Waals surface area contributed by atoms with E-state index in [9.17, 15) is 0 Å². The SMILES string of the molecule is CSCC(C)Nc1ncc(Br)cc1Cl. The Balaban J connectivity index is 2.67. The van der Waals surface area contributed by atoms with Crippen LogP contribution in [0.1, 0.15) is 6.92 Å². The highest BCUT2D eigenvalue weighted by molar-refractivity contribution is 9.10. The van der Waals surface area contributed by atoms with Gasteiger partial charge < -0.3 is 5.32 Å². The number of anilines is 1. The van der Waals surface area contributed by atoms with Crippen LogP contribution in [0.5, 0.6) is 0 Å². The van der Waals surface area contributed by atoms with Crippen LogP contribution in [0.4, 0.5) is 5.82 Å². The lowest BCUT2D eigenvalue weighted by molar-refractivity contribution is 0.903. The first-order valence-corrected chi connectivity index (χ1v) is 6.76. The van der Waals surface area contributed by atoms with Gasteiger partial charge in [0.1, 0.15) is 5.82 Å². The van der Waals surface area contributed by atoms with E-state index in [4.69, 9.17) is 11.6 Å². The van der Waals surface area contributed by atoms with Crippen molar-refractivity contribution in [1.29, 1.82) is 0 Å². The van der Waals surface area contributed by atoms with Gasteiger partial charge in [0.2, 0.25) is 0 Å². The minimum Gasteiger partial charge on any atom is -0.366 e. The number of nitrogens with one attached hydrogen (secondary N) is 1. The number of nitrogens with zero attached hydrogens (tertiary/aromatic N) is 1. The molecule has 2 nitrogen and oxygen atoms in total. The Morgan fingerprint density at radius 3 is 3.00 bits per heavy atom. The number of halogens is 2. The van der Waals surface area contributed by atoms with Crippen LogP contribution in [0, 0.1) is 0 Å². The smallest absolute Gasteiger partial charge is 0.145 e. The molecule has 0 aliphatic carbocycles. The molecule has 0 radical (unpaired) electrons. The van der Waals surface area contributed by atoms with Gasteiger partial charge in [-0.3, -0.25) is 0 Å². The van der Waals surface area contributed by atoms with Gasteiger partial charge in [-0.2, -0.15) is 11.8 Å². The van der Waals surface area contributed by atoms with Crippen molar-refractivity contribution in [1.82, 2.24) is 4.98 Å². The zero-order valence-electron chi connectivity index (χ0n) is 8.05. The molecule has 1 unspecified atom stereocenters. The number of pyridine rings is 1. The third-order valence-corrected chi connectivity index (χ3v) is 3.16. The monoisotopic (exact) mass is 294 g/mol. The van der Waals surface area contributed by atoms with Gasteiger partial charge >= 0.3 is 0 Å². The summed E-state index contributed by atoms with van der Waals surface area (Å²) in [5.74, 6) is 1.78. The van der Waals surface area contributed by atoms with E-state index in [1.807, 2.05) is 6.07 Å². The summed E-state index contributed by atoms with van der Waals surface area (Å²) in [6.07, 6.45) is 3.81. The van der Waals surface area contributed by atoms with Crippen molar-refractivity contribution < 1.29 is 0 Å². The lowest BCUT2D eigenvalue weighted by Crippen LogP contribution is -2.18. The topological polar surface area (TPSA) is 24.9 Å². The van der Waals surface area contributed by atoms with Crippen LogP contribution >= 0.6 is 39.3 Å². The largest absolute Gasteiger partial charge is 0.366 e. The van der Waals surface area contributed by atoms with Crippen LogP contribution in [-0.4, -0.2) is 23.0 Å². The van der Waals surface area contributed by atoms with Crippen molar-refractivity contribution in [3.63, 3.8) is 0 Å². The van der Waals surface area contributed by atoms with Gasteiger partial charge in [-0.15, -0.1) is 0 Å². The summed E-state index contributed by atoms with van der Waals surface area (Å²) in [7, 11) is 0. The standard InChI is InChI=1S/C9H12BrClN2S/c1-6(5-14-2)13-9-8(11)3-7(10)4-12-9/h3-4,6H,5H2,1-2H3,(H,12,13). The highest BCUT2D eigenvalue weighted by Gasteiger charge is 2.06. The van der Waals surface area contributed by atoms with Crippen molar-refractivity contribution in [3.8, 4) is 0 Å². The highest BCUT2D eigenvalue weighted by atomic mass is 79.9. The van der Waals surface area contributed by atoms with E-state index in [0.717, 1.165) is 16.0 Å². The second-order valence-electron chi connectivity index (χ2n) is 2.98. The van der Waals surface area contributed by atoms with Crippen LogP contribution in [-0.2, 0) is 0 Å². The number of hydrogen-bond acceptors (Lipinski definition) is 3. The van der Waals surface area contributed by atoms with Crippen molar-refractivity contribution in [3.05, 3.63) is 21.8 Å². The number of aromatic nitrogens is 1. The third-order valence-electron chi connectivity index (χ3n) is 1.61. The number of hydrogen-bond donors (Lipinski definition) is 1. The first-order valence-electron chi connectivity index (χ1n) is 4.20. The molecule has 0 spiro atoms. The molecule has 1 rings (SSSR count). The molecule has 0 saturated carbocycles. The van der Waals surface area contributed by atoms with Gasteiger partial charge in [0.05, 0.1) is 5.02 Å². The average molecular weight is 296 g/mol. The molecule has 0 fully saturated rings. The van der Waals surface area contributed by atoms with Crippen molar-refractivity contribution in [2.45, 2.75) is 13.0 Å². The summed E-state index contributed by atoms with van der Waals surface area (Å²) in [4.78, 5) is 4.20. The molecule has 78 valence electrons. The summed E-state index contributed by atoms with van der Waals surface area (Å²) >= 11 is 11.1. The van der Waals surface area contributed by atoms with Gasteiger partial charge in [0.25, 0.3) is 0 Å². The van der Waals surface area contributed by atoms with Crippen molar-refractivity contribution in [2.75, 3.05) is 17.3 Å². The number of rotatable bonds is 4. The Kier molecular flexibility index (Phi) is 5.06. The first kappa shape index (κ1) is 12.1. The van der Waals surface area contributed by atoms with E-state index in [2.05, 4.69) is 39.4 Å². The molecule has 0 aromatic carbocycles. The van der Waals surface area contributed by atoms with Crippen molar-refractivity contribution >= 4 is 45.1 Å². The molecule has 1 N–H and O–H groups in total. The zero-order chi connectivity index (χ0) is 10.6. The predicted octanol–water partition coefficient (Wildman–Crippen LogP) is 3.66. The van der Waals surface area contributed by atoms with E-state index in [1.54, 1.807) is 18.0 Å². The summed E-state index contributed by atoms with van der Waals surface area (Å²) in [5.41, 5.74) is 0. The van der Waals surface area contributed by atoms with Crippen molar-refractivity contribution in [2.24, 2.45) is 0 Å². The van der Waals surface area contributed by atoms with Crippen LogP contribution in [0.3, 0.4) is 0 Å². The van der Waals surface area contributed by atoms with Crippen LogP contribution in [0.2, 0.25) is 5.02 Å². The normalized spacial score (nSPS) is 12.6. The Hall–Kier alpha value is 0.0700. The predicted molar refractivity (Wildman–Crippen MR) is 68.4 cm³/mol. The van der Waals surface area contributed by atoms with Crippen LogP contribution < -0.4 is 5.32 Å². The molecule has 5 heteroatoms. The molecular formula is C9H12BrClN2S. The minimum absolute atomic E-state index is 0.371. The molecule has 0 bridgehead atoms. The van der Waals surface area contributed by atoms with E-state index in [1.165, 1.54) is 0 Å². The maximum absolute atomic E-state index is 6.01. The van der Waals surface area contributed by atoms with Crippen LogP contribution in [0.25, 0.3) is 0 Å². The first-order chi connectivity index (χ1) is 6.63. The average Bonchev–Trinajstić information content (AvgIpc) is 2.10. The molecule has 0 aliphatic heterocycles. The fraction of sp³-hybridized carbons (Fsp3) is 0.444. The molecular weight excluding hydrogens is 284 g/mol. The Labute approximate surface area is 102 Å². The van der Waals surface area contributed by atoms with E-state index >= 15 is 0 Å². The summed E-state index contributed by atoms with van der Waals surface area (Å²) in [6, 6.07) is 2.21. The minimum atomic E-state index is 0.371. The van der Waals surface area contributed by atoms with Gasteiger partial charge in [0.15, 0.2) is 0 Å². The van der Waals surface area contributed by atoms with Gasteiger partial charge in [0, 0.05) is 22.5 Å². The molecule has 0 aliphatic rings. The maximum Gasteiger partial charge on any atom is 0.145 e. The van der Waals surface area contributed by atoms with E-state index < -0.39 is 0 Å². The quantitative estimate of drug-likeness (QED) is 0.917. The molecule has 1 heterocycles. The fourth-order valence-electron chi connectivity index (χ4n) is 1.05. The second-order valence-corrected chi connectivity index (χ2v) is 5.22. The van der Waals surface area contributed by atoms with E-state index in [-0.39, 0.29) is 0 Å². The van der Waals surface area contributed by atoms with Crippen LogP contribution in [0.15, 0.2) is 16.7 Å². The van der Waals surface area contributed by atoms with Gasteiger partial charge in [-0.05, 0) is 35.2 Å². The fourth-order valence-corrected chi connectivity index (χ4v) is 2.31. The zero-order valence-corrected chi connectivity index (χ0v) is 11.2. The third kappa shape index (κ3) is 3.67. The molecule has 0 amide bonds. The second kappa shape index (κ2) is 5.83. The maximum atomic E-state index is 6.01. The molecule has 0 saturated heterocycles. The number of thioether (sulfide) groups is 1. The molecule has 1 atom stereocenters. The van der Waals surface area contributed by atoms with Gasteiger partial charge in [-0.1, -0.05) is 11.6 Å². The molecule has 14 heavy (non-hydrogen) atoms. The lowest BCUT2D eigenvalue weighted by Gasteiger charge is -2.13. The Morgan fingerprint density at radius 2 is 2.43 bits per heavy atom. The van der Waals surface area contributed by atoms with E-state index in [0.29, 0.717) is 11.1 Å². The summed E-state index contributed by atoms with van der Waals surface area (Å²) in [5, 5.41) is 3.90. The highest BCUT2D eigenvalue weighted by Crippen LogP contribution is 2.23. The summed E-state index contributed by atoms with van der Waals surface area (Å²) in [6.45, 7) is 2.11. The Bertz CT molecular complexity index is 309.